The molecule has 1 atom stereocenters. The first kappa shape index (κ1) is 22.3. The van der Waals surface area contributed by atoms with Gasteiger partial charge in [0.05, 0.1) is 0 Å². The van der Waals surface area contributed by atoms with Gasteiger partial charge in [-0.2, -0.15) is 0 Å². The van der Waals surface area contributed by atoms with E-state index in [9.17, 15) is 4.39 Å². The number of methoxy groups -OCH3 is 2. The minimum atomic E-state index is -0.827. The van der Waals surface area contributed by atoms with Gasteiger partial charge in [-0.25, -0.2) is 4.39 Å². The lowest BCUT2D eigenvalue weighted by molar-refractivity contribution is -0.116. The molecule has 0 saturated carbocycles. The topological polar surface area (TPSA) is 44.5 Å². The maximum atomic E-state index is 14.0. The maximum absolute atomic E-state index is 14.0. The van der Waals surface area contributed by atoms with E-state index < -0.39 is 11.8 Å². The average molecular weight is 301 g/mol. The Labute approximate surface area is 129 Å². The molecule has 0 spiro atoms. The number of ether oxygens (including phenoxy) is 2. The Morgan fingerprint density at radius 3 is 2.05 bits per heavy atom. The number of aryl methyl sites for hydroxylation is 1. The largest absolute Gasteiger partial charge is 0.356 e. The van der Waals surface area contributed by atoms with Crippen molar-refractivity contribution in [2.45, 2.75) is 59.8 Å². The number of benzene rings is 1. The van der Waals surface area contributed by atoms with Crippen molar-refractivity contribution in [2.24, 2.45) is 5.73 Å². The van der Waals surface area contributed by atoms with Crippen molar-refractivity contribution >= 4 is 0 Å². The van der Waals surface area contributed by atoms with Crippen LogP contribution in [0, 0.1) is 12.7 Å². The number of hydrogen-bond acceptors (Lipinski definition) is 3. The number of rotatable bonds is 5. The van der Waals surface area contributed by atoms with Crippen molar-refractivity contribution in [3.8, 4) is 0 Å². The lowest BCUT2D eigenvalue weighted by Gasteiger charge is -2.29. The second-order valence-corrected chi connectivity index (χ2v) is 4.46. The van der Waals surface area contributed by atoms with E-state index in [0.29, 0.717) is 17.5 Å². The Kier molecular flexibility index (Phi) is 12.4. The summed E-state index contributed by atoms with van der Waals surface area (Å²) < 4.78 is 24.2. The van der Waals surface area contributed by atoms with Gasteiger partial charge in [-0.15, -0.1) is 0 Å². The molecule has 124 valence electrons. The van der Waals surface area contributed by atoms with E-state index in [2.05, 4.69) is 0 Å². The first-order valence-corrected chi connectivity index (χ1v) is 7.52. The molecule has 0 fully saturated rings. The summed E-state index contributed by atoms with van der Waals surface area (Å²) >= 11 is 0. The van der Waals surface area contributed by atoms with Crippen molar-refractivity contribution in [1.82, 2.24) is 0 Å². The molecule has 0 aromatic heterocycles. The molecule has 1 aromatic carbocycles. The number of nitrogens with two attached hydrogens (primary N) is 1. The van der Waals surface area contributed by atoms with Gasteiger partial charge < -0.3 is 15.2 Å². The van der Waals surface area contributed by atoms with E-state index >= 15 is 0 Å². The zero-order valence-corrected chi connectivity index (χ0v) is 14.8. The Balaban J connectivity index is 0. The van der Waals surface area contributed by atoms with E-state index in [1.165, 1.54) is 14.2 Å². The average Bonchev–Trinajstić information content (AvgIpc) is 2.51. The maximum Gasteiger partial charge on any atom is 0.158 e. The predicted molar refractivity (Wildman–Crippen MR) is 87.8 cm³/mol. The molecule has 2 N–H and O–H groups in total. The highest BCUT2D eigenvalue weighted by molar-refractivity contribution is 5.30. The highest BCUT2D eigenvalue weighted by Gasteiger charge is 2.29. The van der Waals surface area contributed by atoms with Crippen molar-refractivity contribution in [1.29, 1.82) is 0 Å². The van der Waals surface area contributed by atoms with E-state index in [1.54, 1.807) is 32.0 Å². The molecule has 3 nitrogen and oxygen atoms in total. The third kappa shape index (κ3) is 7.02. The molecule has 0 saturated heterocycles. The monoisotopic (exact) mass is 301 g/mol. The summed E-state index contributed by atoms with van der Waals surface area (Å²) in [6, 6.07) is 5.22. The molecule has 0 unspecified atom stereocenters. The molecular formula is C17H32FNO2. The SMILES string of the molecule is CC.CC.COC(C[C@](C)(N)c1cccc(C)c1F)OC. The lowest BCUT2D eigenvalue weighted by atomic mass is 9.88. The smallest absolute Gasteiger partial charge is 0.158 e. The second-order valence-electron chi connectivity index (χ2n) is 4.46. The summed E-state index contributed by atoms with van der Waals surface area (Å²) in [5, 5.41) is 0. The molecule has 4 heteroatoms. The van der Waals surface area contributed by atoms with Crippen LogP contribution in [-0.4, -0.2) is 20.5 Å². The van der Waals surface area contributed by atoms with Gasteiger partial charge in [0.25, 0.3) is 0 Å². The Bertz CT molecular complexity index is 377. The minimum Gasteiger partial charge on any atom is -0.356 e. The summed E-state index contributed by atoms with van der Waals surface area (Å²) in [5.41, 5.74) is 6.40. The molecule has 0 aliphatic carbocycles. The zero-order chi connectivity index (χ0) is 17.1. The molecule has 0 aliphatic rings. The summed E-state index contributed by atoms with van der Waals surface area (Å²) in [7, 11) is 3.08. The molecule has 0 amide bonds. The van der Waals surface area contributed by atoms with Gasteiger partial charge in [0.2, 0.25) is 0 Å². The molecule has 1 rings (SSSR count). The van der Waals surface area contributed by atoms with Gasteiger partial charge in [-0.05, 0) is 19.4 Å². The first-order chi connectivity index (χ1) is 9.92. The third-order valence-corrected chi connectivity index (χ3v) is 2.92. The Morgan fingerprint density at radius 2 is 1.62 bits per heavy atom. The van der Waals surface area contributed by atoms with E-state index in [1.807, 2.05) is 27.7 Å². The number of hydrogen-bond donors (Lipinski definition) is 1. The summed E-state index contributed by atoms with van der Waals surface area (Å²) in [6.07, 6.45) is -0.0506. The van der Waals surface area contributed by atoms with Crippen LogP contribution in [0.4, 0.5) is 4.39 Å². The third-order valence-electron chi connectivity index (χ3n) is 2.92. The number of halogens is 1. The van der Waals surface area contributed by atoms with Gasteiger partial charge in [-0.1, -0.05) is 45.9 Å². The molecular weight excluding hydrogens is 269 g/mol. The normalized spacial score (nSPS) is 12.7. The van der Waals surface area contributed by atoms with Crippen LogP contribution in [0.25, 0.3) is 0 Å². The molecule has 0 aliphatic heterocycles. The lowest BCUT2D eigenvalue weighted by Crippen LogP contribution is -2.39. The van der Waals surface area contributed by atoms with Crippen LogP contribution in [0.2, 0.25) is 0 Å². The van der Waals surface area contributed by atoms with Gasteiger partial charge >= 0.3 is 0 Å². The summed E-state index contributed by atoms with van der Waals surface area (Å²) in [5.74, 6) is -0.261. The van der Waals surface area contributed by atoms with Crippen LogP contribution in [0.3, 0.4) is 0 Å². The summed E-state index contributed by atoms with van der Waals surface area (Å²) in [6.45, 7) is 11.5. The fraction of sp³-hybridized carbons (Fsp3) is 0.647. The molecule has 0 radical (unpaired) electrons. The first-order valence-electron chi connectivity index (χ1n) is 7.52. The minimum absolute atomic E-state index is 0.261. The summed E-state index contributed by atoms with van der Waals surface area (Å²) in [4.78, 5) is 0. The highest BCUT2D eigenvalue weighted by Crippen LogP contribution is 2.28. The van der Waals surface area contributed by atoms with Crippen molar-refractivity contribution in [3.63, 3.8) is 0 Å². The van der Waals surface area contributed by atoms with Crippen LogP contribution >= 0.6 is 0 Å². The van der Waals surface area contributed by atoms with E-state index in [-0.39, 0.29) is 5.82 Å². The second kappa shape index (κ2) is 11.7. The van der Waals surface area contributed by atoms with Gasteiger partial charge in [0, 0.05) is 31.7 Å². The van der Waals surface area contributed by atoms with Crippen LogP contribution in [0.5, 0.6) is 0 Å². The molecule has 1 aromatic rings. The van der Waals surface area contributed by atoms with Crippen molar-refractivity contribution < 1.29 is 13.9 Å². The predicted octanol–water partition coefficient (Wildman–Crippen LogP) is 4.37. The molecule has 0 heterocycles. The van der Waals surface area contributed by atoms with Crippen molar-refractivity contribution in [3.05, 3.63) is 35.1 Å². The standard InChI is InChI=1S/C13H20FNO2.2C2H6/c1-9-6-5-7-10(12(9)14)13(2,15)8-11(16-3)17-4;2*1-2/h5-7,11H,8,15H2,1-4H3;2*1-2H3/t13-;;/m0../s1. The van der Waals surface area contributed by atoms with Crippen LogP contribution in [0.1, 0.15) is 52.2 Å². The fourth-order valence-electron chi connectivity index (χ4n) is 1.81. The molecule has 0 bridgehead atoms. The van der Waals surface area contributed by atoms with E-state index in [0.717, 1.165) is 0 Å². The van der Waals surface area contributed by atoms with Gasteiger partial charge in [0.1, 0.15) is 5.82 Å². The van der Waals surface area contributed by atoms with Crippen LogP contribution in [0.15, 0.2) is 18.2 Å². The Hall–Kier alpha value is -0.970. The van der Waals surface area contributed by atoms with Gasteiger partial charge in [0.15, 0.2) is 6.29 Å². The van der Waals surface area contributed by atoms with Crippen molar-refractivity contribution in [2.75, 3.05) is 14.2 Å². The van der Waals surface area contributed by atoms with Crippen LogP contribution in [-0.2, 0) is 15.0 Å². The molecule has 21 heavy (non-hydrogen) atoms. The zero-order valence-electron chi connectivity index (χ0n) is 14.8. The highest BCUT2D eigenvalue weighted by atomic mass is 19.1. The Morgan fingerprint density at radius 1 is 1.14 bits per heavy atom. The van der Waals surface area contributed by atoms with Crippen LogP contribution < -0.4 is 5.73 Å². The van der Waals surface area contributed by atoms with Gasteiger partial charge in [-0.3, -0.25) is 0 Å². The quantitative estimate of drug-likeness (QED) is 0.821. The van der Waals surface area contributed by atoms with E-state index in [4.69, 9.17) is 15.2 Å². The fourth-order valence-corrected chi connectivity index (χ4v) is 1.81.